The minimum atomic E-state index is -4.37. The minimum absolute atomic E-state index is 0.0483. The van der Waals surface area contributed by atoms with E-state index in [9.17, 15) is 14.3 Å². The number of H-pyrrole nitrogens is 1. The fraction of sp³-hybridized carbons (Fsp3) is 0.583. The van der Waals surface area contributed by atoms with E-state index in [0.29, 0.717) is 6.42 Å². The Morgan fingerprint density at radius 3 is 3.00 bits per heavy atom. The van der Waals surface area contributed by atoms with Crippen molar-refractivity contribution in [2.24, 2.45) is 0 Å². The maximum absolute atomic E-state index is 11.8. The van der Waals surface area contributed by atoms with Crippen LogP contribution >= 0.6 is 7.82 Å². The van der Waals surface area contributed by atoms with E-state index >= 15 is 0 Å². The third-order valence-corrected chi connectivity index (χ3v) is 4.78. The zero-order valence-corrected chi connectivity index (χ0v) is 14.3. The van der Waals surface area contributed by atoms with Crippen molar-refractivity contribution in [2.75, 3.05) is 26.6 Å². The Balaban J connectivity index is 1.83. The number of phosphoric acid groups is 1. The number of anilines is 1. The van der Waals surface area contributed by atoms with Crippen LogP contribution in [0.3, 0.4) is 0 Å². The highest BCUT2D eigenvalue weighted by Crippen LogP contribution is 2.39. The average molecular weight is 374 g/mol. The lowest BCUT2D eigenvalue weighted by Crippen LogP contribution is -2.28. The molecule has 12 nitrogen and oxygen atoms in total. The first-order valence-electron chi connectivity index (χ1n) is 7.26. The van der Waals surface area contributed by atoms with E-state index in [1.807, 2.05) is 0 Å². The molecule has 25 heavy (non-hydrogen) atoms. The zero-order chi connectivity index (χ0) is 18.2. The fourth-order valence-corrected chi connectivity index (χ4v) is 3.08. The number of nitrogens with one attached hydrogen (secondary N) is 1. The van der Waals surface area contributed by atoms with Crippen LogP contribution in [0.4, 0.5) is 5.95 Å². The van der Waals surface area contributed by atoms with E-state index in [-0.39, 0.29) is 23.7 Å². The van der Waals surface area contributed by atoms with E-state index < -0.39 is 31.8 Å². The molecule has 3 N–H and O–H groups in total. The van der Waals surface area contributed by atoms with Gasteiger partial charge in [-0.15, -0.1) is 0 Å². The van der Waals surface area contributed by atoms with Crippen LogP contribution < -0.4 is 16.2 Å². The summed E-state index contributed by atoms with van der Waals surface area (Å²) in [5.74, 6) is -0.0483. The fourth-order valence-electron chi connectivity index (χ4n) is 2.64. The molecule has 0 saturated carbocycles. The van der Waals surface area contributed by atoms with Gasteiger partial charge in [-0.3, -0.25) is 18.9 Å². The summed E-state index contributed by atoms with van der Waals surface area (Å²) in [7, 11) is -1.89. The van der Waals surface area contributed by atoms with Crippen LogP contribution in [0.5, 0.6) is 0 Å². The molecule has 138 valence electrons. The summed E-state index contributed by atoms with van der Waals surface area (Å²) < 4.78 is 33.0. The lowest BCUT2D eigenvalue weighted by molar-refractivity contribution is -0.226. The summed E-state index contributed by atoms with van der Waals surface area (Å²) >= 11 is 0. The van der Waals surface area contributed by atoms with Gasteiger partial charge in [0.25, 0.3) is 13.4 Å². The molecule has 1 saturated heterocycles. The lowest BCUT2D eigenvalue weighted by atomic mass is 10.2. The number of nitrogens with two attached hydrogens (primary N) is 1. The highest BCUT2D eigenvalue weighted by Gasteiger charge is 2.38. The van der Waals surface area contributed by atoms with Gasteiger partial charge in [0, 0.05) is 20.6 Å². The number of methoxy groups -OCH3 is 1. The number of nitrogen functional groups attached to an aromatic ring is 1. The normalized spacial score (nSPS) is 26.1. The number of aromatic amines is 1. The van der Waals surface area contributed by atoms with E-state index in [0.717, 1.165) is 7.11 Å². The van der Waals surface area contributed by atoms with Crippen molar-refractivity contribution < 1.29 is 28.0 Å². The second-order valence-corrected chi connectivity index (χ2v) is 6.86. The maximum Gasteiger partial charge on any atom is 0.280 e. The van der Waals surface area contributed by atoms with Crippen LogP contribution in [0.25, 0.3) is 11.2 Å². The molecular weight excluding hydrogens is 357 g/mol. The first kappa shape index (κ1) is 18.0. The minimum Gasteiger partial charge on any atom is -0.756 e. The Bertz CT molecular complexity index is 867. The number of rotatable bonds is 6. The highest BCUT2D eigenvalue weighted by atomic mass is 31.2. The van der Waals surface area contributed by atoms with Gasteiger partial charge < -0.3 is 29.1 Å². The SMILES string of the molecule is CO[C@@H]1C[C@H](n2cnc3c(=O)[nH]c(N)nc32)O[C@@H]1COP(=O)([O-])OC. The largest absolute Gasteiger partial charge is 0.756 e. The number of aromatic nitrogens is 4. The summed E-state index contributed by atoms with van der Waals surface area (Å²) in [6.07, 6.45) is 0.106. The van der Waals surface area contributed by atoms with E-state index in [4.69, 9.17) is 19.7 Å². The Morgan fingerprint density at radius 2 is 2.32 bits per heavy atom. The van der Waals surface area contributed by atoms with Crippen molar-refractivity contribution >= 4 is 24.9 Å². The zero-order valence-electron chi connectivity index (χ0n) is 13.4. The standard InChI is InChI=1S/C12H18N5O7P/c1-21-6-3-8(24-7(6)4-23-25(19,20)22-2)17-5-14-9-10(17)15-12(13)16-11(9)18/h5-8H,3-4H2,1-2H3,(H,19,20)(H3,13,15,16,18)/p-1/t6-,7-,8-/m1/s1. The monoisotopic (exact) mass is 374 g/mol. The molecule has 0 amide bonds. The number of hydrogen-bond acceptors (Lipinski definition) is 10. The molecule has 0 aliphatic carbocycles. The smallest absolute Gasteiger partial charge is 0.280 e. The van der Waals surface area contributed by atoms with Gasteiger partial charge in [-0.25, -0.2) is 4.98 Å². The van der Waals surface area contributed by atoms with Gasteiger partial charge in [-0.2, -0.15) is 4.98 Å². The van der Waals surface area contributed by atoms with Crippen molar-refractivity contribution in [3.63, 3.8) is 0 Å². The van der Waals surface area contributed by atoms with Crippen molar-refractivity contribution in [3.05, 3.63) is 16.7 Å². The van der Waals surface area contributed by atoms with E-state index in [1.165, 1.54) is 13.4 Å². The molecule has 2 aromatic heterocycles. The molecular formula is C12H17N5O7P-. The predicted octanol–water partition coefficient (Wildman–Crippen LogP) is -0.864. The van der Waals surface area contributed by atoms with Crippen LogP contribution in [0.15, 0.2) is 11.1 Å². The highest BCUT2D eigenvalue weighted by molar-refractivity contribution is 7.45. The van der Waals surface area contributed by atoms with Gasteiger partial charge in [0.15, 0.2) is 11.2 Å². The molecule has 0 bridgehead atoms. The van der Waals surface area contributed by atoms with Crippen molar-refractivity contribution in [1.82, 2.24) is 19.5 Å². The molecule has 0 spiro atoms. The third kappa shape index (κ3) is 3.59. The van der Waals surface area contributed by atoms with Gasteiger partial charge in [-0.1, -0.05) is 0 Å². The summed E-state index contributed by atoms with van der Waals surface area (Å²) in [6, 6.07) is 0. The molecule has 3 rings (SSSR count). The molecule has 0 radical (unpaired) electrons. The first-order valence-corrected chi connectivity index (χ1v) is 8.72. The number of imidazole rings is 1. The van der Waals surface area contributed by atoms with Gasteiger partial charge >= 0.3 is 0 Å². The van der Waals surface area contributed by atoms with Gasteiger partial charge in [-0.05, 0) is 0 Å². The van der Waals surface area contributed by atoms with Crippen LogP contribution in [0.1, 0.15) is 12.6 Å². The number of hydrogen-bond donors (Lipinski definition) is 2. The van der Waals surface area contributed by atoms with Crippen LogP contribution in [-0.2, 0) is 23.1 Å². The van der Waals surface area contributed by atoms with Gasteiger partial charge in [0.2, 0.25) is 5.95 Å². The topological polar surface area (TPSA) is 167 Å². The number of fused-ring (bicyclic) bond motifs is 1. The quantitative estimate of drug-likeness (QED) is 0.607. The summed E-state index contributed by atoms with van der Waals surface area (Å²) in [5, 5.41) is 0. The number of ether oxygens (including phenoxy) is 2. The van der Waals surface area contributed by atoms with E-state index in [1.54, 1.807) is 4.57 Å². The first-order chi connectivity index (χ1) is 11.8. The Labute approximate surface area is 141 Å². The van der Waals surface area contributed by atoms with Crippen molar-refractivity contribution in [1.29, 1.82) is 0 Å². The Morgan fingerprint density at radius 1 is 1.56 bits per heavy atom. The molecule has 3 heterocycles. The maximum atomic E-state index is 11.8. The third-order valence-electron chi connectivity index (χ3n) is 3.86. The second kappa shape index (κ2) is 6.83. The van der Waals surface area contributed by atoms with E-state index in [2.05, 4.69) is 19.5 Å². The predicted molar refractivity (Wildman–Crippen MR) is 82.5 cm³/mol. The Kier molecular flexibility index (Phi) is 4.91. The lowest BCUT2D eigenvalue weighted by Gasteiger charge is -2.24. The van der Waals surface area contributed by atoms with Crippen LogP contribution in [0, 0.1) is 0 Å². The molecule has 13 heteroatoms. The molecule has 1 unspecified atom stereocenters. The summed E-state index contributed by atoms with van der Waals surface area (Å²) in [6.45, 7) is -0.271. The Hall–Kier alpha value is -1.82. The average Bonchev–Trinajstić information content (AvgIpc) is 3.16. The molecule has 1 fully saturated rings. The number of phosphoric ester groups is 1. The number of nitrogens with zero attached hydrogens (tertiary/aromatic N) is 3. The molecule has 1 aliphatic rings. The summed E-state index contributed by atoms with van der Waals surface area (Å²) in [4.78, 5) is 33.6. The summed E-state index contributed by atoms with van der Waals surface area (Å²) in [5.41, 5.74) is 5.49. The van der Waals surface area contributed by atoms with Crippen molar-refractivity contribution in [3.8, 4) is 0 Å². The molecule has 0 aromatic carbocycles. The van der Waals surface area contributed by atoms with Crippen LogP contribution in [-0.4, -0.2) is 52.6 Å². The van der Waals surface area contributed by atoms with Gasteiger partial charge in [0.1, 0.15) is 12.3 Å². The van der Waals surface area contributed by atoms with Crippen LogP contribution in [0.2, 0.25) is 0 Å². The molecule has 2 aromatic rings. The van der Waals surface area contributed by atoms with Crippen molar-refractivity contribution in [2.45, 2.75) is 24.9 Å². The molecule has 1 aliphatic heterocycles. The second-order valence-electron chi connectivity index (χ2n) is 5.34. The molecule has 4 atom stereocenters. The van der Waals surface area contributed by atoms with Gasteiger partial charge in [0.05, 0.1) is 19.0 Å².